The van der Waals surface area contributed by atoms with Crippen LogP contribution in [0.2, 0.25) is 0 Å². The summed E-state index contributed by atoms with van der Waals surface area (Å²) in [5.41, 5.74) is 4.21. The minimum absolute atomic E-state index is 0.181. The Hall–Kier alpha value is -3.18. The minimum atomic E-state index is 0.181. The van der Waals surface area contributed by atoms with Gasteiger partial charge in [-0.1, -0.05) is 93.4 Å². The zero-order valence-corrected chi connectivity index (χ0v) is 21.9. The molecule has 1 N–H and O–H groups in total. The molecule has 3 aromatic carbocycles. The molecule has 0 fully saturated rings. The second-order valence-corrected chi connectivity index (χ2v) is 10.5. The molecule has 0 radical (unpaired) electrons. The number of benzene rings is 3. The zero-order valence-electron chi connectivity index (χ0n) is 21.1. The van der Waals surface area contributed by atoms with E-state index >= 15 is 0 Å². The van der Waals surface area contributed by atoms with Gasteiger partial charge in [0.25, 0.3) is 0 Å². The van der Waals surface area contributed by atoms with E-state index in [1.807, 2.05) is 18.2 Å². The number of unbranched alkanes of at least 4 members (excludes halogenated alkanes) is 1. The van der Waals surface area contributed by atoms with E-state index in [9.17, 15) is 5.11 Å². The molecule has 184 valence electrons. The molecule has 0 spiro atoms. The Morgan fingerprint density at radius 1 is 0.944 bits per heavy atom. The van der Waals surface area contributed by atoms with Gasteiger partial charge in [-0.3, -0.25) is 0 Å². The third kappa shape index (κ3) is 5.17. The summed E-state index contributed by atoms with van der Waals surface area (Å²) in [6.07, 6.45) is 11.4. The molecule has 1 atom stereocenters. The molecule has 0 amide bonds. The standard InChI is InChI=1S/C31H33N3OS/c1-3-5-12-21(4-2)20-36-31-33-29(26-17-10-11-18-28(26)35)32-30(34-31)27-19-22-13-6-7-14-23(22)24-15-8-9-16-25(24)27/h6-7,9-11,13-14,16-19,21,35H,3-5,8,12,15,20H2,1-2H3. The van der Waals surface area contributed by atoms with E-state index in [1.165, 1.54) is 41.2 Å². The first-order valence-corrected chi connectivity index (χ1v) is 14.0. The van der Waals surface area contributed by atoms with Gasteiger partial charge in [0.2, 0.25) is 0 Å². The van der Waals surface area contributed by atoms with Crippen LogP contribution in [-0.4, -0.2) is 25.8 Å². The number of aromatic nitrogens is 3. The SMILES string of the molecule is CCCCC(CC)CSc1nc(-c2ccccc2O)nc(-c2cc3ccccc3c3c2C=CCC3)n1. The van der Waals surface area contributed by atoms with Gasteiger partial charge in [-0.05, 0) is 65.3 Å². The smallest absolute Gasteiger partial charge is 0.191 e. The lowest BCUT2D eigenvalue weighted by Gasteiger charge is -2.19. The average molecular weight is 496 g/mol. The number of thioether (sulfide) groups is 1. The second-order valence-electron chi connectivity index (χ2n) is 9.49. The zero-order chi connectivity index (χ0) is 24.9. The number of phenolic OH excluding ortho intramolecular Hbond substituents is 1. The van der Waals surface area contributed by atoms with Crippen LogP contribution in [0.1, 0.15) is 57.1 Å². The fraction of sp³-hybridized carbons (Fsp3) is 0.323. The predicted octanol–water partition coefficient (Wildman–Crippen LogP) is 8.33. The number of allylic oxidation sites excluding steroid dienone is 1. The van der Waals surface area contributed by atoms with E-state index in [0.717, 1.165) is 35.7 Å². The van der Waals surface area contributed by atoms with E-state index in [-0.39, 0.29) is 5.75 Å². The summed E-state index contributed by atoms with van der Waals surface area (Å²) in [6.45, 7) is 4.51. The van der Waals surface area contributed by atoms with Gasteiger partial charge in [0.1, 0.15) is 5.75 Å². The third-order valence-corrected chi connectivity index (χ3v) is 8.12. The first-order chi connectivity index (χ1) is 17.7. The lowest BCUT2D eigenvalue weighted by atomic mass is 9.88. The molecule has 5 rings (SSSR count). The van der Waals surface area contributed by atoms with Crippen molar-refractivity contribution >= 4 is 28.6 Å². The highest BCUT2D eigenvalue weighted by molar-refractivity contribution is 7.99. The van der Waals surface area contributed by atoms with Crippen molar-refractivity contribution in [3.05, 3.63) is 71.8 Å². The van der Waals surface area contributed by atoms with E-state index in [2.05, 4.69) is 56.3 Å². The lowest BCUT2D eigenvalue weighted by molar-refractivity contribution is 0.476. The highest BCUT2D eigenvalue weighted by atomic mass is 32.2. The number of rotatable bonds is 9. The summed E-state index contributed by atoms with van der Waals surface area (Å²) < 4.78 is 0. The Morgan fingerprint density at radius 2 is 1.72 bits per heavy atom. The van der Waals surface area contributed by atoms with Gasteiger partial charge in [0, 0.05) is 11.3 Å². The van der Waals surface area contributed by atoms with Crippen molar-refractivity contribution < 1.29 is 5.11 Å². The maximum Gasteiger partial charge on any atom is 0.191 e. The monoisotopic (exact) mass is 495 g/mol. The van der Waals surface area contributed by atoms with Crippen molar-refractivity contribution in [1.82, 2.24) is 15.0 Å². The van der Waals surface area contributed by atoms with Crippen LogP contribution >= 0.6 is 11.8 Å². The molecule has 1 aliphatic carbocycles. The molecule has 1 aliphatic rings. The van der Waals surface area contributed by atoms with Crippen LogP contribution in [0, 0.1) is 5.92 Å². The first-order valence-electron chi connectivity index (χ1n) is 13.1. The van der Waals surface area contributed by atoms with Crippen LogP contribution in [0.25, 0.3) is 39.6 Å². The fourth-order valence-electron chi connectivity index (χ4n) is 4.93. The van der Waals surface area contributed by atoms with E-state index in [4.69, 9.17) is 15.0 Å². The van der Waals surface area contributed by atoms with Gasteiger partial charge < -0.3 is 5.11 Å². The molecule has 0 bridgehead atoms. The molecule has 0 aliphatic heterocycles. The van der Waals surface area contributed by atoms with Crippen molar-refractivity contribution in [2.75, 3.05) is 5.75 Å². The van der Waals surface area contributed by atoms with Crippen molar-refractivity contribution in [2.45, 2.75) is 57.5 Å². The van der Waals surface area contributed by atoms with Gasteiger partial charge >= 0.3 is 0 Å². The fourth-order valence-corrected chi connectivity index (χ4v) is 6.02. The van der Waals surface area contributed by atoms with Crippen LogP contribution in [0.15, 0.2) is 65.8 Å². The van der Waals surface area contributed by atoms with Gasteiger partial charge in [0.15, 0.2) is 16.8 Å². The number of phenols is 1. The van der Waals surface area contributed by atoms with E-state index in [1.54, 1.807) is 17.8 Å². The molecule has 36 heavy (non-hydrogen) atoms. The van der Waals surface area contributed by atoms with Crippen LogP contribution in [0.3, 0.4) is 0 Å². The van der Waals surface area contributed by atoms with Crippen molar-refractivity contribution in [3.8, 4) is 28.5 Å². The molecule has 5 heteroatoms. The second kappa shape index (κ2) is 11.3. The van der Waals surface area contributed by atoms with Gasteiger partial charge in [-0.2, -0.15) is 0 Å². The number of para-hydroxylation sites is 1. The summed E-state index contributed by atoms with van der Waals surface area (Å²) in [4.78, 5) is 14.7. The lowest BCUT2D eigenvalue weighted by Crippen LogP contribution is -2.06. The number of fused-ring (bicyclic) bond motifs is 3. The topological polar surface area (TPSA) is 58.9 Å². The van der Waals surface area contributed by atoms with Crippen molar-refractivity contribution in [2.24, 2.45) is 5.92 Å². The molecule has 4 nitrogen and oxygen atoms in total. The van der Waals surface area contributed by atoms with Gasteiger partial charge in [-0.15, -0.1) is 0 Å². The van der Waals surface area contributed by atoms with Crippen LogP contribution in [-0.2, 0) is 6.42 Å². The Kier molecular flexibility index (Phi) is 7.66. The third-order valence-electron chi connectivity index (χ3n) is 7.04. The summed E-state index contributed by atoms with van der Waals surface area (Å²) >= 11 is 1.71. The Morgan fingerprint density at radius 3 is 2.53 bits per heavy atom. The Labute approximate surface area is 217 Å². The maximum absolute atomic E-state index is 10.6. The normalized spacial score (nSPS) is 13.6. The van der Waals surface area contributed by atoms with Crippen molar-refractivity contribution in [1.29, 1.82) is 0 Å². The van der Waals surface area contributed by atoms with Crippen LogP contribution in [0.5, 0.6) is 5.75 Å². The van der Waals surface area contributed by atoms with Crippen LogP contribution in [0.4, 0.5) is 0 Å². The molecule has 0 saturated carbocycles. The number of aryl methyl sites for hydroxylation is 1. The Balaban J connectivity index is 1.63. The molecule has 1 unspecified atom stereocenters. The van der Waals surface area contributed by atoms with Gasteiger partial charge in [-0.25, -0.2) is 15.0 Å². The molecular weight excluding hydrogens is 462 g/mol. The van der Waals surface area contributed by atoms with Gasteiger partial charge in [0.05, 0.1) is 5.56 Å². The van der Waals surface area contributed by atoms with Crippen LogP contribution < -0.4 is 0 Å². The quantitative estimate of drug-likeness (QED) is 0.237. The number of aromatic hydroxyl groups is 1. The average Bonchev–Trinajstić information content (AvgIpc) is 2.93. The molecular formula is C31H33N3OS. The van der Waals surface area contributed by atoms with E-state index < -0.39 is 0 Å². The largest absolute Gasteiger partial charge is 0.507 e. The first kappa shape index (κ1) is 24.5. The molecule has 4 aromatic rings. The summed E-state index contributed by atoms with van der Waals surface area (Å²) in [5.74, 6) is 2.99. The number of hydrogen-bond donors (Lipinski definition) is 1. The van der Waals surface area contributed by atoms with E-state index in [0.29, 0.717) is 23.1 Å². The summed E-state index contributed by atoms with van der Waals surface area (Å²) in [5, 5.41) is 13.8. The van der Waals surface area contributed by atoms with Crippen molar-refractivity contribution in [3.63, 3.8) is 0 Å². The predicted molar refractivity (Wildman–Crippen MR) is 151 cm³/mol. The highest BCUT2D eigenvalue weighted by Gasteiger charge is 2.20. The highest BCUT2D eigenvalue weighted by Crippen LogP contribution is 2.37. The molecule has 1 heterocycles. The number of nitrogens with zero attached hydrogens (tertiary/aromatic N) is 3. The summed E-state index contributed by atoms with van der Waals surface area (Å²) in [7, 11) is 0. The number of hydrogen-bond acceptors (Lipinski definition) is 5. The molecule has 1 aromatic heterocycles. The summed E-state index contributed by atoms with van der Waals surface area (Å²) in [6, 6.07) is 18.1. The minimum Gasteiger partial charge on any atom is -0.507 e. The molecule has 0 saturated heterocycles. The Bertz CT molecular complexity index is 1400. The maximum atomic E-state index is 10.6.